The fourth-order valence-electron chi connectivity index (χ4n) is 0.546. The van der Waals surface area contributed by atoms with Crippen LogP contribution in [0, 0.1) is 5.21 Å². The molecule has 0 atom stereocenters. The van der Waals surface area contributed by atoms with Crippen molar-refractivity contribution in [2.45, 2.75) is 0 Å². The van der Waals surface area contributed by atoms with Gasteiger partial charge < -0.3 is 15.2 Å². The molecule has 9 heavy (non-hydrogen) atoms. The first-order valence-corrected chi connectivity index (χ1v) is 2.63. The van der Waals surface area contributed by atoms with Crippen molar-refractivity contribution in [3.63, 3.8) is 0 Å². The van der Waals surface area contributed by atoms with Gasteiger partial charge in [0.1, 0.15) is 12.4 Å². The minimum absolute atomic E-state index is 0.0214. The molecule has 0 radical (unpaired) electrons. The first-order chi connectivity index (χ1) is 4.33. The minimum Gasteiger partial charge on any atom is -0.624 e. The Labute approximate surface area is 53.8 Å². The third-order valence-electron chi connectivity index (χ3n) is 1.03. The third-order valence-corrected chi connectivity index (χ3v) is 1.03. The summed E-state index contributed by atoms with van der Waals surface area (Å²) >= 11 is 0. The third kappa shape index (κ3) is 1.42. The second-order valence-corrected chi connectivity index (χ2v) is 1.66. The first kappa shape index (κ1) is 6.07. The second kappa shape index (κ2) is 2.48. The van der Waals surface area contributed by atoms with Gasteiger partial charge in [0.05, 0.1) is 12.4 Å². The summed E-state index contributed by atoms with van der Waals surface area (Å²) < 4.78 is 0. The lowest BCUT2D eigenvalue weighted by Crippen LogP contribution is -2.97. The fraction of sp³-hybridized carbons (Fsp3) is 0. The van der Waals surface area contributed by atoms with Crippen LogP contribution in [0.25, 0.3) is 0 Å². The summed E-state index contributed by atoms with van der Waals surface area (Å²) in [5, 5.41) is 10.5. The van der Waals surface area contributed by atoms with Crippen LogP contribution in [0.3, 0.4) is 0 Å². The molecule has 0 aliphatic carbocycles. The number of hydrogen-bond acceptors (Lipinski definition) is 2. The van der Waals surface area contributed by atoms with E-state index < -0.39 is 0 Å². The molecule has 0 saturated carbocycles. The average Bonchev–Trinajstić information content (AvgIpc) is 1.90. The molecule has 0 aromatic heterocycles. The van der Waals surface area contributed by atoms with Crippen molar-refractivity contribution < 1.29 is 5.06 Å². The zero-order valence-corrected chi connectivity index (χ0v) is 4.95. The lowest BCUT2D eigenvalue weighted by atomic mass is 10.6. The van der Waals surface area contributed by atoms with Gasteiger partial charge >= 0.3 is 0 Å². The minimum atomic E-state index is 0.0214. The number of rotatable bonds is 1. The molecule has 1 rings (SSSR count). The van der Waals surface area contributed by atoms with E-state index in [4.69, 9.17) is 0 Å². The Morgan fingerprint density at radius 2 is 2.00 bits per heavy atom. The topological polar surface area (TPSA) is 30.7 Å². The van der Waals surface area contributed by atoms with E-state index in [0.717, 1.165) is 0 Å². The van der Waals surface area contributed by atoms with E-state index in [1.54, 1.807) is 23.5 Å². The van der Waals surface area contributed by atoms with Gasteiger partial charge in [-0.1, -0.05) is 6.58 Å². The Kier molecular flexibility index (Phi) is 1.67. The van der Waals surface area contributed by atoms with E-state index in [0.29, 0.717) is 0 Å². The molecule has 1 N–H and O–H groups in total. The summed E-state index contributed by atoms with van der Waals surface area (Å²) in [5.41, 5.74) is 0. The van der Waals surface area contributed by atoms with Crippen molar-refractivity contribution in [1.29, 1.82) is 0 Å². The van der Waals surface area contributed by atoms with Crippen LogP contribution in [0.15, 0.2) is 37.6 Å². The molecule has 0 unspecified atom stereocenters. The number of hydrogen-bond donors (Lipinski definition) is 1. The fourth-order valence-corrected chi connectivity index (χ4v) is 0.546. The van der Waals surface area contributed by atoms with Gasteiger partial charge in [-0.25, -0.2) is 0 Å². The second-order valence-electron chi connectivity index (χ2n) is 1.66. The molecule has 0 fully saturated rings. The van der Waals surface area contributed by atoms with E-state index >= 15 is 0 Å². The monoisotopic (exact) mass is 124 g/mol. The van der Waals surface area contributed by atoms with Gasteiger partial charge in [0, 0.05) is 6.20 Å². The molecule has 0 aromatic carbocycles. The normalized spacial score (nSPS) is 18.6. The van der Waals surface area contributed by atoms with Gasteiger partial charge in [0.25, 0.3) is 0 Å². The smallest absolute Gasteiger partial charge is 0.116 e. The molecule has 0 amide bonds. The maximum Gasteiger partial charge on any atom is 0.116 e. The summed E-state index contributed by atoms with van der Waals surface area (Å²) in [6.45, 7) is 3.52. The molecular weight excluding hydrogens is 116 g/mol. The summed E-state index contributed by atoms with van der Waals surface area (Å²) in [4.78, 5) is 1.71. The standard InChI is InChI=1S/C6H8N2O/c1-2-7-3-5-8(9)6-4-7/h2-6,8H,1H2. The lowest BCUT2D eigenvalue weighted by molar-refractivity contribution is -0.732. The van der Waals surface area contributed by atoms with Crippen LogP contribution in [0.2, 0.25) is 0 Å². The Balaban J connectivity index is 2.58. The van der Waals surface area contributed by atoms with Gasteiger partial charge in [-0.05, 0) is 0 Å². The predicted octanol–water partition coefficient (Wildman–Crippen LogP) is -0.229. The zero-order chi connectivity index (χ0) is 6.69. The first-order valence-electron chi connectivity index (χ1n) is 2.63. The summed E-state index contributed by atoms with van der Waals surface area (Å²) in [6.07, 6.45) is 7.92. The van der Waals surface area contributed by atoms with Crippen LogP contribution >= 0.6 is 0 Å². The molecule has 0 saturated heterocycles. The van der Waals surface area contributed by atoms with E-state index in [1.807, 2.05) is 0 Å². The molecule has 1 heterocycles. The molecule has 0 bridgehead atoms. The largest absolute Gasteiger partial charge is 0.624 e. The Morgan fingerprint density at radius 3 is 2.44 bits per heavy atom. The number of nitrogens with zero attached hydrogens (tertiary/aromatic N) is 1. The number of quaternary nitrogens is 1. The SMILES string of the molecule is C=CN1C=C[NH+]([O-])C=C1. The van der Waals surface area contributed by atoms with Crippen molar-refractivity contribution in [3.8, 4) is 0 Å². The molecule has 1 aliphatic heterocycles. The summed E-state index contributed by atoms with van der Waals surface area (Å²) in [5.74, 6) is 0. The molecule has 1 aliphatic rings. The van der Waals surface area contributed by atoms with Gasteiger partial charge in [0.2, 0.25) is 0 Å². The Hall–Kier alpha value is -1.06. The van der Waals surface area contributed by atoms with Gasteiger partial charge in [-0.15, -0.1) is 0 Å². The highest BCUT2D eigenvalue weighted by molar-refractivity contribution is 4.95. The molecule has 0 spiro atoms. The van der Waals surface area contributed by atoms with Crippen LogP contribution < -0.4 is 5.06 Å². The highest BCUT2D eigenvalue weighted by atomic mass is 16.5. The average molecular weight is 124 g/mol. The van der Waals surface area contributed by atoms with E-state index in [-0.39, 0.29) is 5.06 Å². The van der Waals surface area contributed by atoms with E-state index in [9.17, 15) is 5.21 Å². The summed E-state index contributed by atoms with van der Waals surface area (Å²) in [6, 6.07) is 0. The van der Waals surface area contributed by atoms with Gasteiger partial charge in [0.15, 0.2) is 0 Å². The highest BCUT2D eigenvalue weighted by Crippen LogP contribution is 1.90. The maximum absolute atomic E-state index is 10.5. The van der Waals surface area contributed by atoms with Crippen molar-refractivity contribution in [2.24, 2.45) is 0 Å². The van der Waals surface area contributed by atoms with Gasteiger partial charge in [-0.3, -0.25) is 0 Å². The van der Waals surface area contributed by atoms with Crippen LogP contribution in [-0.2, 0) is 0 Å². The van der Waals surface area contributed by atoms with Crippen LogP contribution in [0.5, 0.6) is 0 Å². The van der Waals surface area contributed by atoms with E-state index in [2.05, 4.69) is 6.58 Å². The number of hydroxylamine groups is 2. The Morgan fingerprint density at radius 1 is 1.44 bits per heavy atom. The van der Waals surface area contributed by atoms with Crippen LogP contribution in [0.1, 0.15) is 0 Å². The van der Waals surface area contributed by atoms with Crippen molar-refractivity contribution in [2.75, 3.05) is 0 Å². The van der Waals surface area contributed by atoms with Crippen molar-refractivity contribution in [3.05, 3.63) is 42.8 Å². The van der Waals surface area contributed by atoms with E-state index in [1.165, 1.54) is 12.4 Å². The van der Waals surface area contributed by atoms with Crippen LogP contribution in [-0.4, -0.2) is 4.90 Å². The molecular formula is C6H8N2O. The molecule has 3 nitrogen and oxygen atoms in total. The zero-order valence-electron chi connectivity index (χ0n) is 4.95. The van der Waals surface area contributed by atoms with Crippen molar-refractivity contribution >= 4 is 0 Å². The molecule has 0 aromatic rings. The highest BCUT2D eigenvalue weighted by Gasteiger charge is 1.94. The molecule has 3 heteroatoms. The quantitative estimate of drug-likeness (QED) is 0.489. The molecule has 48 valence electrons. The Bertz CT molecular complexity index is 148. The van der Waals surface area contributed by atoms with Gasteiger partial charge in [-0.2, -0.15) is 0 Å². The van der Waals surface area contributed by atoms with Crippen LogP contribution in [0.4, 0.5) is 0 Å². The van der Waals surface area contributed by atoms with Crippen molar-refractivity contribution in [1.82, 2.24) is 4.90 Å². The lowest BCUT2D eigenvalue weighted by Gasteiger charge is -2.18. The number of nitrogens with one attached hydrogen (secondary N) is 1. The summed E-state index contributed by atoms with van der Waals surface area (Å²) in [7, 11) is 0. The predicted molar refractivity (Wildman–Crippen MR) is 34.6 cm³/mol. The maximum atomic E-state index is 10.5.